The zero-order valence-electron chi connectivity index (χ0n) is 17.5. The van der Waals surface area contributed by atoms with Gasteiger partial charge in [-0.25, -0.2) is 9.18 Å². The van der Waals surface area contributed by atoms with Crippen LogP contribution < -0.4 is 0 Å². The van der Waals surface area contributed by atoms with Crippen LogP contribution in [0.2, 0.25) is 0 Å². The number of hydrogen-bond donors (Lipinski definition) is 0. The fourth-order valence-electron chi connectivity index (χ4n) is 3.79. The molecule has 7 heteroatoms. The van der Waals surface area contributed by atoms with E-state index in [1.54, 1.807) is 4.90 Å². The van der Waals surface area contributed by atoms with Gasteiger partial charge < -0.3 is 9.64 Å². The molecule has 2 aromatic heterocycles. The molecule has 1 saturated heterocycles. The largest absolute Gasteiger partial charge is 0.444 e. The highest BCUT2D eigenvalue weighted by molar-refractivity contribution is 5.69. The molecule has 0 N–H and O–H groups in total. The van der Waals surface area contributed by atoms with E-state index < -0.39 is 5.60 Å². The van der Waals surface area contributed by atoms with E-state index in [0.717, 1.165) is 18.5 Å². The van der Waals surface area contributed by atoms with Crippen molar-refractivity contribution < 1.29 is 13.9 Å². The average molecular weight is 388 g/mol. The molecule has 1 aliphatic heterocycles. The summed E-state index contributed by atoms with van der Waals surface area (Å²) in [6, 6.07) is 3.35. The smallest absolute Gasteiger partial charge is 0.410 e. The molecule has 0 spiro atoms. The Hall–Kier alpha value is -2.44. The maximum Gasteiger partial charge on any atom is 0.410 e. The summed E-state index contributed by atoms with van der Waals surface area (Å²) in [5.41, 5.74) is 1.05. The van der Waals surface area contributed by atoms with Crippen LogP contribution in [0, 0.1) is 12.7 Å². The highest BCUT2D eigenvalue weighted by Crippen LogP contribution is 2.36. The first-order valence-electron chi connectivity index (χ1n) is 9.64. The third-order valence-electron chi connectivity index (χ3n) is 5.08. The van der Waals surface area contributed by atoms with Crippen LogP contribution in [0.4, 0.5) is 9.18 Å². The fraction of sp³-hybridized carbons (Fsp3) is 0.571. The number of nitrogens with zero attached hydrogens (tertiary/aromatic N) is 4. The molecular weight excluding hydrogens is 359 g/mol. The SMILES string of the molecule is Cc1cc(-c2cnccc2F)nn1C1CCN(C(=O)OC(C)(C)C)C(C)(C)C1. The van der Waals surface area contributed by atoms with Gasteiger partial charge in [0.05, 0.1) is 17.3 Å². The van der Waals surface area contributed by atoms with Crippen LogP contribution in [0.15, 0.2) is 24.5 Å². The molecule has 0 saturated carbocycles. The van der Waals surface area contributed by atoms with Crippen molar-refractivity contribution >= 4 is 6.09 Å². The lowest BCUT2D eigenvalue weighted by Gasteiger charge is -2.45. The van der Waals surface area contributed by atoms with Gasteiger partial charge in [-0.3, -0.25) is 9.67 Å². The fourth-order valence-corrected chi connectivity index (χ4v) is 3.79. The minimum absolute atomic E-state index is 0.127. The summed E-state index contributed by atoms with van der Waals surface area (Å²) >= 11 is 0. The van der Waals surface area contributed by atoms with Gasteiger partial charge in [0.2, 0.25) is 0 Å². The Morgan fingerprint density at radius 1 is 1.36 bits per heavy atom. The number of pyridine rings is 1. The molecular formula is C21H29FN4O2. The summed E-state index contributed by atoms with van der Waals surface area (Å²) < 4.78 is 21.6. The Morgan fingerprint density at radius 3 is 2.68 bits per heavy atom. The second-order valence-electron chi connectivity index (χ2n) is 9.06. The van der Waals surface area contributed by atoms with Gasteiger partial charge in [-0.1, -0.05) is 0 Å². The summed E-state index contributed by atoms with van der Waals surface area (Å²) in [5, 5.41) is 4.66. The number of rotatable bonds is 2. The van der Waals surface area contributed by atoms with Gasteiger partial charge in [-0.05, 0) is 66.5 Å². The predicted octanol–water partition coefficient (Wildman–Crippen LogP) is 4.74. The van der Waals surface area contributed by atoms with Gasteiger partial charge in [-0.2, -0.15) is 5.10 Å². The van der Waals surface area contributed by atoms with Crippen molar-refractivity contribution in [2.45, 2.75) is 71.6 Å². The Bertz CT molecular complexity index is 870. The molecule has 0 radical (unpaired) electrons. The highest BCUT2D eigenvalue weighted by atomic mass is 19.1. The van der Waals surface area contributed by atoms with E-state index in [4.69, 9.17) is 4.74 Å². The zero-order chi connectivity index (χ0) is 20.7. The molecule has 3 rings (SSSR count). The number of ether oxygens (including phenoxy) is 1. The molecule has 6 nitrogen and oxygen atoms in total. The van der Waals surface area contributed by atoms with E-state index in [1.807, 2.05) is 52.3 Å². The summed E-state index contributed by atoms with van der Waals surface area (Å²) in [5.74, 6) is -0.334. The lowest BCUT2D eigenvalue weighted by Crippen LogP contribution is -2.54. The Morgan fingerprint density at radius 2 is 2.07 bits per heavy atom. The van der Waals surface area contributed by atoms with E-state index in [0.29, 0.717) is 17.8 Å². The van der Waals surface area contributed by atoms with Crippen molar-refractivity contribution in [2.24, 2.45) is 0 Å². The second kappa shape index (κ2) is 7.18. The minimum atomic E-state index is -0.523. The topological polar surface area (TPSA) is 60.2 Å². The summed E-state index contributed by atoms with van der Waals surface area (Å²) in [4.78, 5) is 18.4. The van der Waals surface area contributed by atoms with Crippen molar-refractivity contribution in [1.82, 2.24) is 19.7 Å². The number of likely N-dealkylation sites (tertiary alicyclic amines) is 1. The van der Waals surface area contributed by atoms with E-state index in [-0.39, 0.29) is 23.5 Å². The number of aromatic nitrogens is 3. The Kier molecular flexibility index (Phi) is 5.21. The first kappa shape index (κ1) is 20.3. The molecule has 1 amide bonds. The van der Waals surface area contributed by atoms with Crippen LogP contribution >= 0.6 is 0 Å². The number of aryl methyl sites for hydroxylation is 1. The number of carbonyl (C=O) groups is 1. The second-order valence-corrected chi connectivity index (χ2v) is 9.06. The zero-order valence-corrected chi connectivity index (χ0v) is 17.5. The number of carbonyl (C=O) groups excluding carboxylic acids is 1. The number of piperidine rings is 1. The summed E-state index contributed by atoms with van der Waals surface area (Å²) in [7, 11) is 0. The number of halogens is 1. The molecule has 0 bridgehead atoms. The molecule has 0 aliphatic carbocycles. The van der Waals surface area contributed by atoms with Gasteiger partial charge in [0, 0.05) is 30.2 Å². The van der Waals surface area contributed by atoms with E-state index in [1.165, 1.54) is 18.5 Å². The van der Waals surface area contributed by atoms with Crippen LogP contribution in [0.1, 0.15) is 59.2 Å². The monoisotopic (exact) mass is 388 g/mol. The van der Waals surface area contributed by atoms with E-state index in [9.17, 15) is 9.18 Å². The van der Waals surface area contributed by atoms with Gasteiger partial charge >= 0.3 is 6.09 Å². The molecule has 0 aromatic carbocycles. The van der Waals surface area contributed by atoms with Crippen molar-refractivity contribution in [1.29, 1.82) is 0 Å². The first-order chi connectivity index (χ1) is 13.0. The van der Waals surface area contributed by atoms with Crippen molar-refractivity contribution in [3.05, 3.63) is 36.0 Å². The van der Waals surface area contributed by atoms with Crippen LogP contribution in [0.25, 0.3) is 11.3 Å². The molecule has 1 fully saturated rings. The maximum absolute atomic E-state index is 14.1. The van der Waals surface area contributed by atoms with E-state index >= 15 is 0 Å². The van der Waals surface area contributed by atoms with Crippen molar-refractivity contribution in [2.75, 3.05) is 6.54 Å². The summed E-state index contributed by atoms with van der Waals surface area (Å²) in [6.45, 7) is 12.3. The lowest BCUT2D eigenvalue weighted by molar-refractivity contribution is -0.0144. The van der Waals surface area contributed by atoms with Crippen LogP contribution in [-0.4, -0.2) is 43.4 Å². The van der Waals surface area contributed by atoms with Crippen LogP contribution in [0.3, 0.4) is 0 Å². The summed E-state index contributed by atoms with van der Waals surface area (Å²) in [6.07, 6.45) is 4.14. The maximum atomic E-state index is 14.1. The molecule has 2 aromatic rings. The number of amides is 1. The Balaban J connectivity index is 1.80. The molecule has 28 heavy (non-hydrogen) atoms. The highest BCUT2D eigenvalue weighted by Gasteiger charge is 2.40. The van der Waals surface area contributed by atoms with Gasteiger partial charge in [0.1, 0.15) is 11.4 Å². The first-order valence-corrected chi connectivity index (χ1v) is 9.64. The van der Waals surface area contributed by atoms with Gasteiger partial charge in [0.25, 0.3) is 0 Å². The third-order valence-corrected chi connectivity index (χ3v) is 5.08. The quantitative estimate of drug-likeness (QED) is 0.745. The standard InChI is InChI=1S/C21H29FN4O2/c1-14-11-18(16-13-23-9-7-17(16)22)24-26(14)15-8-10-25(21(5,6)12-15)19(27)28-20(2,3)4/h7,9,11,13,15H,8,10,12H2,1-6H3. The average Bonchev–Trinajstić information content (AvgIpc) is 2.94. The van der Waals surface area contributed by atoms with Crippen molar-refractivity contribution in [3.63, 3.8) is 0 Å². The predicted molar refractivity (Wildman–Crippen MR) is 105 cm³/mol. The molecule has 152 valence electrons. The molecule has 1 unspecified atom stereocenters. The van der Waals surface area contributed by atoms with Crippen LogP contribution in [0.5, 0.6) is 0 Å². The lowest BCUT2D eigenvalue weighted by atomic mass is 9.87. The normalized spacial score (nSPS) is 19.5. The van der Waals surface area contributed by atoms with Gasteiger partial charge in [-0.15, -0.1) is 0 Å². The molecule has 1 atom stereocenters. The number of hydrogen-bond acceptors (Lipinski definition) is 4. The molecule has 3 heterocycles. The minimum Gasteiger partial charge on any atom is -0.444 e. The van der Waals surface area contributed by atoms with Crippen molar-refractivity contribution in [3.8, 4) is 11.3 Å². The Labute approximate surface area is 165 Å². The van der Waals surface area contributed by atoms with E-state index in [2.05, 4.69) is 10.1 Å². The molecule has 1 aliphatic rings. The van der Waals surface area contributed by atoms with Crippen LogP contribution in [-0.2, 0) is 4.74 Å². The van der Waals surface area contributed by atoms with Gasteiger partial charge in [0.15, 0.2) is 0 Å². The third kappa shape index (κ3) is 4.18.